The number of carbonyl (C=O) groups is 1. The van der Waals surface area contributed by atoms with Crippen LogP contribution < -0.4 is 16.0 Å². The summed E-state index contributed by atoms with van der Waals surface area (Å²) in [4.78, 5) is 14.8. The molecule has 0 aromatic heterocycles. The summed E-state index contributed by atoms with van der Waals surface area (Å²) in [5, 5.41) is 8.62. The first-order chi connectivity index (χ1) is 5.36. The minimum Gasteiger partial charge on any atom is -0.361 e. The normalized spacial score (nSPS) is 21.6. The van der Waals surface area contributed by atoms with Gasteiger partial charge in [0.15, 0.2) is 0 Å². The maximum absolute atomic E-state index is 10.8. The average Bonchev–Trinajstić information content (AvgIpc) is 2.04. The van der Waals surface area contributed by atoms with Crippen LogP contribution in [0.15, 0.2) is 16.5 Å². The number of nitrogens with one attached hydrogen (secondary N) is 3. The molecule has 2 aliphatic heterocycles. The Kier molecular flexibility index (Phi) is 1.28. The number of hydrogen-bond acceptors (Lipinski definition) is 4. The Morgan fingerprint density at radius 1 is 1.45 bits per heavy atom. The van der Waals surface area contributed by atoms with Crippen LogP contribution in [0.4, 0.5) is 0 Å². The van der Waals surface area contributed by atoms with E-state index in [4.69, 9.17) is 0 Å². The molecule has 0 aliphatic carbocycles. The zero-order valence-electron chi connectivity index (χ0n) is 5.85. The summed E-state index contributed by atoms with van der Waals surface area (Å²) in [5.41, 5.74) is 0.729. The van der Waals surface area contributed by atoms with Gasteiger partial charge >= 0.3 is 0 Å². The molecule has 0 saturated carbocycles. The van der Waals surface area contributed by atoms with Gasteiger partial charge in [0.1, 0.15) is 12.5 Å². The van der Waals surface area contributed by atoms with Crippen molar-refractivity contribution in [3.05, 3.63) is 11.5 Å². The highest BCUT2D eigenvalue weighted by Gasteiger charge is 2.16. The first kappa shape index (κ1) is 6.21. The summed E-state index contributed by atoms with van der Waals surface area (Å²) in [7, 11) is 0. The van der Waals surface area contributed by atoms with E-state index in [2.05, 4.69) is 20.9 Å². The molecular weight excluding hydrogens is 144 g/mol. The van der Waals surface area contributed by atoms with E-state index in [1.165, 1.54) is 0 Å². The van der Waals surface area contributed by atoms with Gasteiger partial charge in [0.25, 0.3) is 0 Å². The van der Waals surface area contributed by atoms with Crippen molar-refractivity contribution < 1.29 is 4.79 Å². The summed E-state index contributed by atoms with van der Waals surface area (Å²) in [6.45, 7) is 0.904. The number of amides is 1. The van der Waals surface area contributed by atoms with Crippen molar-refractivity contribution in [2.45, 2.75) is 0 Å². The van der Waals surface area contributed by atoms with Crippen molar-refractivity contribution in [2.75, 3.05) is 13.2 Å². The molecule has 11 heavy (non-hydrogen) atoms. The summed E-state index contributed by atoms with van der Waals surface area (Å²) in [6.07, 6.45) is 1.65. The van der Waals surface area contributed by atoms with E-state index in [1.54, 1.807) is 6.21 Å². The maximum atomic E-state index is 10.8. The van der Waals surface area contributed by atoms with Gasteiger partial charge in [-0.15, -0.1) is 0 Å². The van der Waals surface area contributed by atoms with Crippen LogP contribution >= 0.6 is 0 Å². The molecule has 0 aromatic rings. The van der Waals surface area contributed by atoms with Crippen LogP contribution in [0.1, 0.15) is 0 Å². The second-order valence-corrected chi connectivity index (χ2v) is 2.34. The third-order valence-corrected chi connectivity index (χ3v) is 1.54. The average molecular weight is 152 g/mol. The third kappa shape index (κ3) is 1.04. The molecule has 0 bridgehead atoms. The molecule has 0 saturated heterocycles. The molecule has 1 amide bonds. The Morgan fingerprint density at radius 3 is 3.27 bits per heavy atom. The quantitative estimate of drug-likeness (QED) is 0.396. The van der Waals surface area contributed by atoms with Crippen molar-refractivity contribution in [3.8, 4) is 0 Å². The van der Waals surface area contributed by atoms with Gasteiger partial charge < -0.3 is 16.0 Å². The lowest BCUT2D eigenvalue weighted by molar-refractivity contribution is -0.119. The fraction of sp³-hybridized carbons (Fsp3) is 0.333. The summed E-state index contributed by atoms with van der Waals surface area (Å²) < 4.78 is 0. The topological polar surface area (TPSA) is 65.5 Å². The van der Waals surface area contributed by atoms with Crippen molar-refractivity contribution in [3.63, 3.8) is 0 Å². The molecular formula is C6H8N4O. The third-order valence-electron chi connectivity index (χ3n) is 1.54. The van der Waals surface area contributed by atoms with Crippen LogP contribution in [-0.2, 0) is 4.79 Å². The molecule has 2 rings (SSSR count). The molecule has 0 fully saturated rings. The van der Waals surface area contributed by atoms with Gasteiger partial charge in [0.05, 0.1) is 18.5 Å². The van der Waals surface area contributed by atoms with Crippen LogP contribution in [0.25, 0.3) is 0 Å². The zero-order chi connectivity index (χ0) is 7.68. The Bertz CT molecular complexity index is 255. The highest BCUT2D eigenvalue weighted by molar-refractivity contribution is 5.91. The second-order valence-electron chi connectivity index (χ2n) is 2.34. The fourth-order valence-corrected chi connectivity index (χ4v) is 1.04. The molecule has 0 unspecified atom stereocenters. The summed E-state index contributed by atoms with van der Waals surface area (Å²) in [5.74, 6) is 0.832. The minimum atomic E-state index is -0.0288. The van der Waals surface area contributed by atoms with Gasteiger partial charge in [0.2, 0.25) is 5.91 Å². The molecule has 58 valence electrons. The van der Waals surface area contributed by atoms with Crippen molar-refractivity contribution >= 4 is 12.1 Å². The monoisotopic (exact) mass is 152 g/mol. The van der Waals surface area contributed by atoms with Gasteiger partial charge in [0, 0.05) is 0 Å². The number of allylic oxidation sites excluding steroid dienone is 1. The van der Waals surface area contributed by atoms with Crippen molar-refractivity contribution in [1.29, 1.82) is 0 Å². The lowest BCUT2D eigenvalue weighted by atomic mass is 10.3. The highest BCUT2D eigenvalue weighted by Crippen LogP contribution is 2.00. The summed E-state index contributed by atoms with van der Waals surface area (Å²) in [6, 6.07) is 0. The van der Waals surface area contributed by atoms with Crippen molar-refractivity contribution in [2.24, 2.45) is 4.99 Å². The molecule has 0 aromatic carbocycles. The Labute approximate surface area is 63.6 Å². The first-order valence-corrected chi connectivity index (χ1v) is 3.38. The molecule has 2 aliphatic rings. The number of carbonyl (C=O) groups excluding carboxylic acids is 1. The predicted octanol–water partition coefficient (Wildman–Crippen LogP) is -1.49. The SMILES string of the molecule is O=C1CNC2=C(C=NCN2)N1. The molecule has 0 radical (unpaired) electrons. The van der Waals surface area contributed by atoms with E-state index in [-0.39, 0.29) is 5.91 Å². The first-order valence-electron chi connectivity index (χ1n) is 3.38. The Balaban J connectivity index is 2.26. The van der Waals surface area contributed by atoms with E-state index in [9.17, 15) is 4.79 Å². The zero-order valence-corrected chi connectivity index (χ0v) is 5.85. The number of rotatable bonds is 0. The van der Waals surface area contributed by atoms with Gasteiger partial charge in [-0.3, -0.25) is 9.79 Å². The van der Waals surface area contributed by atoms with Gasteiger partial charge in [-0.2, -0.15) is 0 Å². The predicted molar refractivity (Wildman–Crippen MR) is 39.7 cm³/mol. The molecule has 0 spiro atoms. The van der Waals surface area contributed by atoms with Crippen LogP contribution in [0.3, 0.4) is 0 Å². The highest BCUT2D eigenvalue weighted by atomic mass is 16.2. The molecule has 5 heteroatoms. The van der Waals surface area contributed by atoms with Crippen LogP contribution in [0.5, 0.6) is 0 Å². The number of aliphatic imine (C=N–C) groups is 1. The molecule has 5 nitrogen and oxygen atoms in total. The van der Waals surface area contributed by atoms with E-state index >= 15 is 0 Å². The minimum absolute atomic E-state index is 0.0288. The second kappa shape index (κ2) is 2.26. The Morgan fingerprint density at radius 2 is 2.36 bits per heavy atom. The van der Waals surface area contributed by atoms with E-state index in [0.717, 1.165) is 11.5 Å². The fourth-order valence-electron chi connectivity index (χ4n) is 1.04. The molecule has 0 atom stereocenters. The molecule has 2 heterocycles. The van der Waals surface area contributed by atoms with Gasteiger partial charge in [-0.05, 0) is 0 Å². The van der Waals surface area contributed by atoms with Crippen LogP contribution in [-0.4, -0.2) is 25.3 Å². The number of hydrogen-bond donors (Lipinski definition) is 3. The standard InChI is InChI=1S/C6H8N4O/c11-5-2-8-6-4(10-5)1-7-3-9-6/h1,8-9H,2-3H2,(H,10,11). The van der Waals surface area contributed by atoms with Gasteiger partial charge in [-0.25, -0.2) is 0 Å². The lowest BCUT2D eigenvalue weighted by Gasteiger charge is -2.23. The summed E-state index contributed by atoms with van der Waals surface area (Å²) >= 11 is 0. The van der Waals surface area contributed by atoms with Crippen molar-refractivity contribution in [1.82, 2.24) is 16.0 Å². The Hall–Kier alpha value is -1.52. The van der Waals surface area contributed by atoms with Crippen LogP contribution in [0, 0.1) is 0 Å². The van der Waals surface area contributed by atoms with E-state index in [1.807, 2.05) is 0 Å². The van der Waals surface area contributed by atoms with Gasteiger partial charge in [-0.1, -0.05) is 0 Å². The van der Waals surface area contributed by atoms with Crippen LogP contribution in [0.2, 0.25) is 0 Å². The number of nitrogens with zero attached hydrogens (tertiary/aromatic N) is 1. The van der Waals surface area contributed by atoms with E-state index in [0.29, 0.717) is 13.2 Å². The molecule has 3 N–H and O–H groups in total. The maximum Gasteiger partial charge on any atom is 0.243 e. The smallest absolute Gasteiger partial charge is 0.243 e. The van der Waals surface area contributed by atoms with E-state index < -0.39 is 0 Å². The largest absolute Gasteiger partial charge is 0.361 e. The lowest BCUT2D eigenvalue weighted by Crippen LogP contribution is -2.46.